The highest BCUT2D eigenvalue weighted by atomic mass is 16.5. The second kappa shape index (κ2) is 12.6. The summed E-state index contributed by atoms with van der Waals surface area (Å²) in [5, 5.41) is 0. The smallest absolute Gasteiger partial charge is 0.250 e. The van der Waals surface area contributed by atoms with E-state index in [-0.39, 0.29) is 30.4 Å². The molecule has 3 fully saturated rings. The van der Waals surface area contributed by atoms with Crippen LogP contribution in [-0.2, 0) is 9.59 Å². The number of carbonyl (C=O) groups excluding carboxylic acids is 2. The molecule has 0 unspecified atom stereocenters. The Morgan fingerprint density at radius 3 is 2.03 bits per heavy atom. The summed E-state index contributed by atoms with van der Waals surface area (Å²) in [6, 6.07) is 5.50. The fourth-order valence-electron chi connectivity index (χ4n) is 6.22. The number of carbonyl (C=O) groups is 2. The first-order valence-corrected chi connectivity index (χ1v) is 14.1. The van der Waals surface area contributed by atoms with Crippen LogP contribution in [0.15, 0.2) is 18.2 Å². The molecule has 0 radical (unpaired) electrons. The lowest BCUT2D eigenvalue weighted by Gasteiger charge is -2.47. The standard InChI is InChI=1S/C29H44N2O4/c1-3-19-35-25-18-17-22(20-26(25)34-2)28-29(33)30(23-13-9-7-8-10-14-23)21-27(32)31(28)24-15-11-5-4-6-12-16-24/h17-18,20,23-24,28H,3-16,19,21H2,1-2H3/t28-/m0/s1. The number of piperazine rings is 1. The number of nitrogens with zero attached hydrogens (tertiary/aromatic N) is 2. The largest absolute Gasteiger partial charge is 0.493 e. The van der Waals surface area contributed by atoms with Gasteiger partial charge in [-0.05, 0) is 49.8 Å². The molecule has 1 saturated heterocycles. The quantitative estimate of drug-likeness (QED) is 0.443. The van der Waals surface area contributed by atoms with Gasteiger partial charge in [0.05, 0.1) is 13.7 Å². The van der Waals surface area contributed by atoms with Crippen molar-refractivity contribution in [2.75, 3.05) is 20.3 Å². The van der Waals surface area contributed by atoms with Crippen molar-refractivity contribution in [1.29, 1.82) is 0 Å². The molecule has 2 amide bonds. The van der Waals surface area contributed by atoms with Gasteiger partial charge in [0.2, 0.25) is 5.91 Å². The van der Waals surface area contributed by atoms with Crippen LogP contribution in [-0.4, -0.2) is 54.0 Å². The molecule has 1 aromatic rings. The zero-order chi connectivity index (χ0) is 24.6. The zero-order valence-electron chi connectivity index (χ0n) is 21.8. The molecular formula is C29H44N2O4. The van der Waals surface area contributed by atoms with E-state index in [2.05, 4.69) is 6.92 Å². The Morgan fingerprint density at radius 2 is 1.43 bits per heavy atom. The number of methoxy groups -OCH3 is 1. The van der Waals surface area contributed by atoms with Crippen LogP contribution in [0.4, 0.5) is 0 Å². The molecule has 0 aromatic heterocycles. The Labute approximate surface area is 211 Å². The topological polar surface area (TPSA) is 59.1 Å². The molecule has 0 bridgehead atoms. The third-order valence-corrected chi connectivity index (χ3v) is 8.09. The number of ether oxygens (including phenoxy) is 2. The molecule has 3 aliphatic rings. The predicted molar refractivity (Wildman–Crippen MR) is 138 cm³/mol. The average Bonchev–Trinajstić information content (AvgIpc) is 3.13. The van der Waals surface area contributed by atoms with E-state index >= 15 is 0 Å². The Hall–Kier alpha value is -2.24. The average molecular weight is 485 g/mol. The highest BCUT2D eigenvalue weighted by Crippen LogP contribution is 2.39. The summed E-state index contributed by atoms with van der Waals surface area (Å²) in [5.74, 6) is 1.50. The Kier molecular flexibility index (Phi) is 9.33. The Morgan fingerprint density at radius 1 is 0.829 bits per heavy atom. The Balaban J connectivity index is 1.69. The molecule has 1 heterocycles. The van der Waals surface area contributed by atoms with E-state index in [1.807, 2.05) is 28.0 Å². The number of hydrogen-bond acceptors (Lipinski definition) is 4. The van der Waals surface area contributed by atoms with Crippen molar-refractivity contribution >= 4 is 11.8 Å². The third-order valence-electron chi connectivity index (χ3n) is 8.09. The first-order valence-electron chi connectivity index (χ1n) is 14.1. The molecular weight excluding hydrogens is 440 g/mol. The van der Waals surface area contributed by atoms with Crippen molar-refractivity contribution < 1.29 is 19.1 Å². The van der Waals surface area contributed by atoms with Crippen LogP contribution in [0.1, 0.15) is 108 Å². The summed E-state index contributed by atoms with van der Waals surface area (Å²) in [5.41, 5.74) is 0.837. The number of benzene rings is 1. The van der Waals surface area contributed by atoms with Crippen LogP contribution < -0.4 is 9.47 Å². The summed E-state index contributed by atoms with van der Waals surface area (Å²) < 4.78 is 11.5. The lowest BCUT2D eigenvalue weighted by atomic mass is 9.90. The maximum Gasteiger partial charge on any atom is 0.250 e. The van der Waals surface area contributed by atoms with Crippen molar-refractivity contribution in [3.8, 4) is 11.5 Å². The maximum atomic E-state index is 14.2. The second-order valence-electron chi connectivity index (χ2n) is 10.6. The fraction of sp³-hybridized carbons (Fsp3) is 0.724. The van der Waals surface area contributed by atoms with E-state index in [1.165, 1.54) is 32.1 Å². The predicted octanol–water partition coefficient (Wildman–Crippen LogP) is 6.03. The van der Waals surface area contributed by atoms with Gasteiger partial charge in [-0.25, -0.2) is 0 Å². The third kappa shape index (κ3) is 6.13. The summed E-state index contributed by atoms with van der Waals surface area (Å²) >= 11 is 0. The van der Waals surface area contributed by atoms with E-state index in [0.717, 1.165) is 63.4 Å². The van der Waals surface area contributed by atoms with Gasteiger partial charge < -0.3 is 19.3 Å². The van der Waals surface area contributed by atoms with E-state index < -0.39 is 6.04 Å². The minimum absolute atomic E-state index is 0.0860. The normalized spacial score (nSPS) is 23.5. The molecule has 6 nitrogen and oxygen atoms in total. The van der Waals surface area contributed by atoms with E-state index in [4.69, 9.17) is 9.47 Å². The van der Waals surface area contributed by atoms with Gasteiger partial charge in [-0.2, -0.15) is 0 Å². The minimum atomic E-state index is -0.585. The molecule has 194 valence electrons. The molecule has 0 N–H and O–H groups in total. The van der Waals surface area contributed by atoms with Crippen LogP contribution in [0.25, 0.3) is 0 Å². The van der Waals surface area contributed by atoms with Crippen LogP contribution in [0.5, 0.6) is 11.5 Å². The summed E-state index contributed by atoms with van der Waals surface area (Å²) in [6.45, 7) is 2.91. The molecule has 2 saturated carbocycles. The molecule has 35 heavy (non-hydrogen) atoms. The van der Waals surface area contributed by atoms with Crippen molar-refractivity contribution in [1.82, 2.24) is 9.80 Å². The number of amides is 2. The molecule has 2 aliphatic carbocycles. The molecule has 6 heteroatoms. The van der Waals surface area contributed by atoms with E-state index in [0.29, 0.717) is 18.1 Å². The number of hydrogen-bond donors (Lipinski definition) is 0. The van der Waals surface area contributed by atoms with Crippen molar-refractivity contribution in [3.05, 3.63) is 23.8 Å². The van der Waals surface area contributed by atoms with Crippen LogP contribution in [0, 0.1) is 0 Å². The van der Waals surface area contributed by atoms with Gasteiger partial charge in [0.15, 0.2) is 11.5 Å². The van der Waals surface area contributed by atoms with E-state index in [1.54, 1.807) is 7.11 Å². The second-order valence-corrected chi connectivity index (χ2v) is 10.6. The van der Waals surface area contributed by atoms with Gasteiger partial charge in [0.1, 0.15) is 12.6 Å². The van der Waals surface area contributed by atoms with Crippen molar-refractivity contribution in [3.63, 3.8) is 0 Å². The summed E-state index contributed by atoms with van der Waals surface area (Å²) in [7, 11) is 1.64. The number of rotatable bonds is 7. The highest BCUT2D eigenvalue weighted by molar-refractivity contribution is 5.96. The van der Waals surface area contributed by atoms with Gasteiger partial charge >= 0.3 is 0 Å². The van der Waals surface area contributed by atoms with Gasteiger partial charge in [-0.15, -0.1) is 0 Å². The SMILES string of the molecule is CCCOc1ccc([C@H]2C(=O)N(C3CCCCCC3)CC(=O)N2C2CCCCCCC2)cc1OC. The molecule has 4 rings (SSSR count). The lowest BCUT2D eigenvalue weighted by molar-refractivity contribution is -0.162. The van der Waals surface area contributed by atoms with Crippen LogP contribution >= 0.6 is 0 Å². The maximum absolute atomic E-state index is 14.2. The van der Waals surface area contributed by atoms with Gasteiger partial charge in [0.25, 0.3) is 5.91 Å². The fourth-order valence-corrected chi connectivity index (χ4v) is 6.22. The highest BCUT2D eigenvalue weighted by Gasteiger charge is 2.45. The molecule has 1 aliphatic heterocycles. The van der Waals surface area contributed by atoms with Crippen molar-refractivity contribution in [2.45, 2.75) is 115 Å². The van der Waals surface area contributed by atoms with E-state index in [9.17, 15) is 9.59 Å². The lowest BCUT2D eigenvalue weighted by Crippen LogP contribution is -2.60. The molecule has 1 atom stereocenters. The van der Waals surface area contributed by atoms with Crippen molar-refractivity contribution in [2.24, 2.45) is 0 Å². The summed E-state index contributed by atoms with van der Waals surface area (Å²) in [6.07, 6.45) is 15.5. The van der Waals surface area contributed by atoms with Gasteiger partial charge in [-0.1, -0.05) is 70.8 Å². The van der Waals surface area contributed by atoms with Crippen LogP contribution in [0.3, 0.4) is 0 Å². The summed E-state index contributed by atoms with van der Waals surface area (Å²) in [4.78, 5) is 31.9. The molecule has 0 spiro atoms. The van der Waals surface area contributed by atoms with Gasteiger partial charge in [0, 0.05) is 12.1 Å². The first kappa shape index (κ1) is 25.8. The van der Waals surface area contributed by atoms with Gasteiger partial charge in [-0.3, -0.25) is 9.59 Å². The van der Waals surface area contributed by atoms with Crippen LogP contribution in [0.2, 0.25) is 0 Å². The zero-order valence-corrected chi connectivity index (χ0v) is 21.8. The minimum Gasteiger partial charge on any atom is -0.493 e. The molecule has 1 aromatic carbocycles. The monoisotopic (exact) mass is 484 g/mol. The Bertz CT molecular complexity index is 841. The first-order chi connectivity index (χ1) is 17.1.